The minimum atomic E-state index is 0.218. The number of amides is 1. The van der Waals surface area contributed by atoms with Crippen LogP contribution >= 0.6 is 0 Å². The van der Waals surface area contributed by atoms with Gasteiger partial charge < -0.3 is 10.2 Å². The first-order valence-corrected chi connectivity index (χ1v) is 7.81. The van der Waals surface area contributed by atoms with Crippen molar-refractivity contribution >= 4 is 5.91 Å². The fourth-order valence-corrected chi connectivity index (χ4v) is 2.73. The van der Waals surface area contributed by atoms with Gasteiger partial charge in [-0.3, -0.25) is 9.69 Å². The standard InChI is InChI=1S/C15H29N3O/c1-17(2)15(19)12-18-10-7-14(8-11-18)16-9-3-4-13-5-6-13/h13-14,16H,3-12H2,1-2H3. The van der Waals surface area contributed by atoms with Gasteiger partial charge in [0, 0.05) is 33.2 Å². The van der Waals surface area contributed by atoms with E-state index < -0.39 is 0 Å². The zero-order chi connectivity index (χ0) is 13.7. The van der Waals surface area contributed by atoms with E-state index in [0.717, 1.165) is 19.0 Å². The third-order valence-electron chi connectivity index (χ3n) is 4.36. The summed E-state index contributed by atoms with van der Waals surface area (Å²) in [5, 5.41) is 3.68. The summed E-state index contributed by atoms with van der Waals surface area (Å²) in [6.45, 7) is 3.87. The molecule has 1 aliphatic heterocycles. The van der Waals surface area contributed by atoms with E-state index in [0.29, 0.717) is 12.6 Å². The minimum Gasteiger partial charge on any atom is -0.348 e. The summed E-state index contributed by atoms with van der Waals surface area (Å²) in [6, 6.07) is 0.671. The van der Waals surface area contributed by atoms with Crippen LogP contribution in [0.25, 0.3) is 0 Å². The molecule has 0 radical (unpaired) electrons. The van der Waals surface area contributed by atoms with Gasteiger partial charge in [0.2, 0.25) is 5.91 Å². The van der Waals surface area contributed by atoms with Gasteiger partial charge in [-0.2, -0.15) is 0 Å². The maximum Gasteiger partial charge on any atom is 0.236 e. The first-order chi connectivity index (χ1) is 9.15. The third-order valence-corrected chi connectivity index (χ3v) is 4.36. The normalized spacial score (nSPS) is 21.6. The Labute approximate surface area is 117 Å². The maximum absolute atomic E-state index is 11.6. The fourth-order valence-electron chi connectivity index (χ4n) is 2.73. The lowest BCUT2D eigenvalue weighted by atomic mass is 10.0. The van der Waals surface area contributed by atoms with Crippen LogP contribution in [0.1, 0.15) is 38.5 Å². The van der Waals surface area contributed by atoms with Crippen LogP contribution in [0.15, 0.2) is 0 Å². The average Bonchev–Trinajstić information content (AvgIpc) is 3.20. The predicted molar refractivity (Wildman–Crippen MR) is 78.1 cm³/mol. The Morgan fingerprint density at radius 3 is 2.47 bits per heavy atom. The number of hydrogen-bond donors (Lipinski definition) is 1. The van der Waals surface area contributed by atoms with Gasteiger partial charge >= 0.3 is 0 Å². The summed E-state index contributed by atoms with van der Waals surface area (Å²) in [5.74, 6) is 1.27. The highest BCUT2D eigenvalue weighted by atomic mass is 16.2. The summed E-state index contributed by atoms with van der Waals surface area (Å²) >= 11 is 0. The largest absolute Gasteiger partial charge is 0.348 e. The van der Waals surface area contributed by atoms with Crippen molar-refractivity contribution in [3.8, 4) is 0 Å². The average molecular weight is 267 g/mol. The lowest BCUT2D eigenvalue weighted by molar-refractivity contribution is -0.130. The van der Waals surface area contributed by atoms with Gasteiger partial charge in [-0.1, -0.05) is 12.8 Å². The molecule has 2 rings (SSSR count). The molecule has 2 fully saturated rings. The number of nitrogens with one attached hydrogen (secondary N) is 1. The number of carbonyl (C=O) groups excluding carboxylic acids is 1. The first-order valence-electron chi connectivity index (χ1n) is 7.81. The van der Waals surface area contributed by atoms with Crippen molar-refractivity contribution in [3.63, 3.8) is 0 Å². The number of likely N-dealkylation sites (tertiary alicyclic amines) is 1. The Morgan fingerprint density at radius 2 is 1.89 bits per heavy atom. The Morgan fingerprint density at radius 1 is 1.21 bits per heavy atom. The van der Waals surface area contributed by atoms with Crippen LogP contribution < -0.4 is 5.32 Å². The molecule has 1 saturated carbocycles. The molecule has 0 unspecified atom stereocenters. The van der Waals surface area contributed by atoms with E-state index in [1.807, 2.05) is 14.1 Å². The Bertz CT molecular complexity index is 281. The predicted octanol–water partition coefficient (Wildman–Crippen LogP) is 1.32. The molecular weight excluding hydrogens is 238 g/mol. The second-order valence-corrected chi connectivity index (χ2v) is 6.38. The maximum atomic E-state index is 11.6. The highest BCUT2D eigenvalue weighted by molar-refractivity contribution is 5.77. The molecule has 19 heavy (non-hydrogen) atoms. The highest BCUT2D eigenvalue weighted by Crippen LogP contribution is 2.33. The van der Waals surface area contributed by atoms with Gasteiger partial charge in [0.25, 0.3) is 0 Å². The SMILES string of the molecule is CN(C)C(=O)CN1CCC(NCCCC2CC2)CC1. The van der Waals surface area contributed by atoms with Gasteiger partial charge in [-0.25, -0.2) is 0 Å². The Kier molecular flexibility index (Phi) is 5.64. The molecule has 4 heteroatoms. The molecule has 1 N–H and O–H groups in total. The summed E-state index contributed by atoms with van der Waals surface area (Å²) in [7, 11) is 3.66. The minimum absolute atomic E-state index is 0.218. The van der Waals surface area contributed by atoms with E-state index in [4.69, 9.17) is 0 Å². The molecule has 1 saturated heterocycles. The smallest absolute Gasteiger partial charge is 0.236 e. The molecule has 4 nitrogen and oxygen atoms in total. The van der Waals surface area contributed by atoms with E-state index in [2.05, 4.69) is 10.2 Å². The molecule has 1 amide bonds. The van der Waals surface area contributed by atoms with E-state index >= 15 is 0 Å². The Hall–Kier alpha value is -0.610. The number of hydrogen-bond acceptors (Lipinski definition) is 3. The number of likely N-dealkylation sites (N-methyl/N-ethyl adjacent to an activating group) is 1. The topological polar surface area (TPSA) is 35.6 Å². The van der Waals surface area contributed by atoms with Gasteiger partial charge in [0.15, 0.2) is 0 Å². The molecule has 0 spiro atoms. The fraction of sp³-hybridized carbons (Fsp3) is 0.933. The van der Waals surface area contributed by atoms with Crippen LogP contribution in [0.3, 0.4) is 0 Å². The van der Waals surface area contributed by atoms with Gasteiger partial charge in [-0.05, 0) is 38.1 Å². The lowest BCUT2D eigenvalue weighted by Gasteiger charge is -2.32. The van der Waals surface area contributed by atoms with E-state index in [1.165, 1.54) is 45.1 Å². The molecule has 0 aromatic heterocycles. The Balaban J connectivity index is 1.52. The van der Waals surface area contributed by atoms with E-state index in [-0.39, 0.29) is 5.91 Å². The first kappa shape index (κ1) is 14.8. The molecule has 0 aromatic carbocycles. The monoisotopic (exact) mass is 267 g/mol. The van der Waals surface area contributed by atoms with Crippen LogP contribution in [-0.4, -0.2) is 62.0 Å². The second-order valence-electron chi connectivity index (χ2n) is 6.38. The second kappa shape index (κ2) is 7.25. The van der Waals surface area contributed by atoms with Crippen molar-refractivity contribution in [2.75, 3.05) is 40.3 Å². The van der Waals surface area contributed by atoms with E-state index in [9.17, 15) is 4.79 Å². The lowest BCUT2D eigenvalue weighted by Crippen LogP contribution is -2.46. The molecule has 0 aromatic rings. The van der Waals surface area contributed by atoms with Crippen molar-refractivity contribution in [3.05, 3.63) is 0 Å². The van der Waals surface area contributed by atoms with Crippen LogP contribution in [0.4, 0.5) is 0 Å². The number of rotatable bonds is 7. The van der Waals surface area contributed by atoms with Gasteiger partial charge in [0.05, 0.1) is 6.54 Å². The van der Waals surface area contributed by atoms with Crippen LogP contribution in [0.2, 0.25) is 0 Å². The summed E-state index contributed by atoms with van der Waals surface area (Å²) in [6.07, 6.45) is 8.07. The number of nitrogens with zero attached hydrogens (tertiary/aromatic N) is 2. The quantitative estimate of drug-likeness (QED) is 0.707. The highest BCUT2D eigenvalue weighted by Gasteiger charge is 2.22. The number of piperidine rings is 1. The zero-order valence-corrected chi connectivity index (χ0v) is 12.5. The third kappa shape index (κ3) is 5.49. The van der Waals surface area contributed by atoms with Gasteiger partial charge in [0.1, 0.15) is 0 Å². The molecular formula is C15H29N3O. The number of carbonyl (C=O) groups is 1. The molecule has 2 aliphatic rings. The van der Waals surface area contributed by atoms with Crippen molar-refractivity contribution in [1.82, 2.24) is 15.1 Å². The molecule has 0 atom stereocenters. The molecule has 110 valence electrons. The summed E-state index contributed by atoms with van der Waals surface area (Å²) in [5.41, 5.74) is 0. The summed E-state index contributed by atoms with van der Waals surface area (Å²) in [4.78, 5) is 15.6. The van der Waals surface area contributed by atoms with Crippen LogP contribution in [0, 0.1) is 5.92 Å². The van der Waals surface area contributed by atoms with E-state index in [1.54, 1.807) is 4.90 Å². The van der Waals surface area contributed by atoms with Gasteiger partial charge in [-0.15, -0.1) is 0 Å². The summed E-state index contributed by atoms with van der Waals surface area (Å²) < 4.78 is 0. The van der Waals surface area contributed by atoms with Crippen molar-refractivity contribution in [2.24, 2.45) is 5.92 Å². The van der Waals surface area contributed by atoms with Crippen molar-refractivity contribution in [2.45, 2.75) is 44.6 Å². The van der Waals surface area contributed by atoms with Crippen molar-refractivity contribution in [1.29, 1.82) is 0 Å². The van der Waals surface area contributed by atoms with Crippen LogP contribution in [0.5, 0.6) is 0 Å². The van der Waals surface area contributed by atoms with Crippen LogP contribution in [-0.2, 0) is 4.79 Å². The molecule has 1 aliphatic carbocycles. The zero-order valence-electron chi connectivity index (χ0n) is 12.5. The molecule has 1 heterocycles. The van der Waals surface area contributed by atoms with Crippen molar-refractivity contribution < 1.29 is 4.79 Å². The molecule has 0 bridgehead atoms.